The van der Waals surface area contributed by atoms with Crippen LogP contribution in [0.4, 0.5) is 5.82 Å². The largest absolute Gasteiger partial charge is 0.383 e. The molecule has 1 rings (SSSR count). The van der Waals surface area contributed by atoms with Crippen molar-refractivity contribution in [1.29, 1.82) is 0 Å². The highest BCUT2D eigenvalue weighted by Crippen LogP contribution is 2.22. The zero-order chi connectivity index (χ0) is 13.8. The van der Waals surface area contributed by atoms with E-state index in [1.165, 1.54) is 19.4 Å². The fourth-order valence-electron chi connectivity index (χ4n) is 1.43. The molecule has 2 N–H and O–H groups in total. The Bertz CT molecular complexity index is 507. The van der Waals surface area contributed by atoms with E-state index in [0.717, 1.165) is 0 Å². The van der Waals surface area contributed by atoms with Gasteiger partial charge in [-0.3, -0.25) is 0 Å². The molecule has 0 aromatic carbocycles. The number of halogens is 1. The topological polar surface area (TPSA) is 80.3 Å². The van der Waals surface area contributed by atoms with Gasteiger partial charge in [0.15, 0.2) is 0 Å². The number of rotatable bonds is 6. The number of sulfonamides is 1. The standard InChI is InChI=1S/C10H16BrN3O3S/c1-7(6-17-3)14-18(15,16)9-4-8(11)5-13-10(9)12-2/h4-5,7,14H,6H2,1-3H3,(H,12,13). The van der Waals surface area contributed by atoms with E-state index in [2.05, 4.69) is 31.0 Å². The second kappa shape index (κ2) is 6.46. The molecule has 6 nitrogen and oxygen atoms in total. The number of hydrogen-bond acceptors (Lipinski definition) is 5. The lowest BCUT2D eigenvalue weighted by Crippen LogP contribution is -2.36. The number of anilines is 1. The highest BCUT2D eigenvalue weighted by Gasteiger charge is 2.21. The van der Waals surface area contributed by atoms with Crippen LogP contribution < -0.4 is 10.0 Å². The minimum atomic E-state index is -3.63. The highest BCUT2D eigenvalue weighted by atomic mass is 79.9. The third-order valence-electron chi connectivity index (χ3n) is 2.12. The Balaban J connectivity index is 3.07. The molecule has 0 bridgehead atoms. The summed E-state index contributed by atoms with van der Waals surface area (Å²) in [6.07, 6.45) is 1.53. The normalized spacial score (nSPS) is 13.3. The van der Waals surface area contributed by atoms with Crippen LogP contribution in [0.3, 0.4) is 0 Å². The summed E-state index contributed by atoms with van der Waals surface area (Å²) in [5, 5.41) is 2.75. The Kier molecular flexibility index (Phi) is 5.51. The van der Waals surface area contributed by atoms with Crippen LogP contribution in [-0.4, -0.2) is 40.2 Å². The summed E-state index contributed by atoms with van der Waals surface area (Å²) in [5.74, 6) is 0.301. The van der Waals surface area contributed by atoms with Crippen molar-refractivity contribution in [3.05, 3.63) is 16.7 Å². The van der Waals surface area contributed by atoms with Crippen LogP contribution in [0.15, 0.2) is 21.6 Å². The molecule has 0 aliphatic heterocycles. The fourth-order valence-corrected chi connectivity index (χ4v) is 3.32. The third kappa shape index (κ3) is 3.91. The molecular weight excluding hydrogens is 322 g/mol. The van der Waals surface area contributed by atoms with Gasteiger partial charge in [-0.15, -0.1) is 0 Å². The first-order chi connectivity index (χ1) is 8.40. The van der Waals surface area contributed by atoms with Gasteiger partial charge in [0.05, 0.1) is 6.61 Å². The lowest BCUT2D eigenvalue weighted by molar-refractivity contribution is 0.180. The molecule has 0 aliphatic carbocycles. The molecule has 0 spiro atoms. The molecule has 0 amide bonds. The van der Waals surface area contributed by atoms with E-state index >= 15 is 0 Å². The van der Waals surface area contributed by atoms with Crippen molar-refractivity contribution in [3.8, 4) is 0 Å². The van der Waals surface area contributed by atoms with Crippen LogP contribution in [0.1, 0.15) is 6.92 Å². The number of methoxy groups -OCH3 is 1. The molecule has 1 aromatic heterocycles. The number of hydrogen-bond donors (Lipinski definition) is 2. The maximum atomic E-state index is 12.2. The summed E-state index contributed by atoms with van der Waals surface area (Å²) >= 11 is 3.21. The smallest absolute Gasteiger partial charge is 0.244 e. The van der Waals surface area contributed by atoms with E-state index in [1.807, 2.05) is 0 Å². The fraction of sp³-hybridized carbons (Fsp3) is 0.500. The molecule has 0 saturated carbocycles. The van der Waals surface area contributed by atoms with Gasteiger partial charge in [0, 0.05) is 30.9 Å². The summed E-state index contributed by atoms with van der Waals surface area (Å²) in [7, 11) is -0.495. The van der Waals surface area contributed by atoms with E-state index in [0.29, 0.717) is 16.9 Å². The van der Waals surface area contributed by atoms with Gasteiger partial charge in [-0.1, -0.05) is 0 Å². The Morgan fingerprint density at radius 1 is 1.56 bits per heavy atom. The van der Waals surface area contributed by atoms with Gasteiger partial charge in [-0.05, 0) is 28.9 Å². The zero-order valence-corrected chi connectivity index (χ0v) is 12.8. The van der Waals surface area contributed by atoms with Gasteiger partial charge < -0.3 is 10.1 Å². The van der Waals surface area contributed by atoms with Crippen LogP contribution in [0.2, 0.25) is 0 Å². The average molecular weight is 338 g/mol. The van der Waals surface area contributed by atoms with Gasteiger partial charge in [0.2, 0.25) is 10.0 Å². The van der Waals surface area contributed by atoms with E-state index < -0.39 is 10.0 Å². The molecule has 0 saturated heterocycles. The number of ether oxygens (including phenoxy) is 1. The van der Waals surface area contributed by atoms with E-state index in [1.54, 1.807) is 14.0 Å². The molecule has 8 heteroatoms. The summed E-state index contributed by atoms with van der Waals surface area (Å²) in [4.78, 5) is 4.11. The molecule has 0 radical (unpaired) electrons. The van der Waals surface area contributed by atoms with Crippen LogP contribution in [0.25, 0.3) is 0 Å². The summed E-state index contributed by atoms with van der Waals surface area (Å²) in [6, 6.07) is 1.18. The molecule has 102 valence electrons. The van der Waals surface area contributed by atoms with Crippen molar-refractivity contribution in [2.45, 2.75) is 17.9 Å². The Morgan fingerprint density at radius 3 is 2.78 bits per heavy atom. The van der Waals surface area contributed by atoms with Crippen molar-refractivity contribution in [1.82, 2.24) is 9.71 Å². The van der Waals surface area contributed by atoms with E-state index in [9.17, 15) is 8.42 Å². The van der Waals surface area contributed by atoms with E-state index in [-0.39, 0.29) is 10.9 Å². The van der Waals surface area contributed by atoms with Crippen LogP contribution in [0.5, 0.6) is 0 Å². The minimum absolute atomic E-state index is 0.0994. The second-order valence-corrected chi connectivity index (χ2v) is 6.33. The van der Waals surface area contributed by atoms with Gasteiger partial charge in [-0.2, -0.15) is 0 Å². The Morgan fingerprint density at radius 2 is 2.22 bits per heavy atom. The molecular formula is C10H16BrN3O3S. The predicted molar refractivity (Wildman–Crippen MR) is 73.1 cm³/mol. The Labute approximate surface area is 115 Å². The molecule has 0 aliphatic rings. The zero-order valence-electron chi connectivity index (χ0n) is 10.4. The number of nitrogens with zero attached hydrogens (tertiary/aromatic N) is 1. The highest BCUT2D eigenvalue weighted by molar-refractivity contribution is 9.10. The van der Waals surface area contributed by atoms with Crippen LogP contribution in [0, 0.1) is 0 Å². The summed E-state index contributed by atoms with van der Waals surface area (Å²) < 4.78 is 32.4. The Hall–Kier alpha value is -0.700. The van der Waals surface area contributed by atoms with Gasteiger partial charge in [-0.25, -0.2) is 18.1 Å². The predicted octanol–water partition coefficient (Wildman–Crippen LogP) is 1.20. The number of aromatic nitrogens is 1. The lowest BCUT2D eigenvalue weighted by atomic mass is 10.4. The van der Waals surface area contributed by atoms with Crippen molar-refractivity contribution >= 4 is 31.8 Å². The van der Waals surface area contributed by atoms with Crippen LogP contribution in [-0.2, 0) is 14.8 Å². The average Bonchev–Trinajstić information content (AvgIpc) is 2.28. The first-order valence-electron chi connectivity index (χ1n) is 5.25. The van der Waals surface area contributed by atoms with E-state index in [4.69, 9.17) is 4.74 Å². The number of nitrogens with one attached hydrogen (secondary N) is 2. The maximum absolute atomic E-state index is 12.2. The SMILES string of the molecule is CNc1ncc(Br)cc1S(=O)(=O)NC(C)COC. The maximum Gasteiger partial charge on any atom is 0.244 e. The van der Waals surface area contributed by atoms with Crippen molar-refractivity contribution in [3.63, 3.8) is 0 Å². The summed E-state index contributed by atoms with van der Waals surface area (Å²) in [5.41, 5.74) is 0. The minimum Gasteiger partial charge on any atom is -0.383 e. The monoisotopic (exact) mass is 337 g/mol. The van der Waals surface area contributed by atoms with Crippen molar-refractivity contribution in [2.24, 2.45) is 0 Å². The molecule has 1 unspecified atom stereocenters. The third-order valence-corrected chi connectivity index (χ3v) is 4.16. The van der Waals surface area contributed by atoms with Gasteiger partial charge >= 0.3 is 0 Å². The first-order valence-corrected chi connectivity index (χ1v) is 7.53. The molecule has 1 aromatic rings. The lowest BCUT2D eigenvalue weighted by Gasteiger charge is -2.15. The molecule has 18 heavy (non-hydrogen) atoms. The van der Waals surface area contributed by atoms with Gasteiger partial charge in [0.25, 0.3) is 0 Å². The molecule has 1 heterocycles. The number of pyridine rings is 1. The van der Waals surface area contributed by atoms with Crippen LogP contribution >= 0.6 is 15.9 Å². The quantitative estimate of drug-likeness (QED) is 0.815. The molecule has 1 atom stereocenters. The summed E-state index contributed by atoms with van der Waals surface area (Å²) in [6.45, 7) is 2.03. The first kappa shape index (κ1) is 15.4. The second-order valence-electron chi connectivity index (χ2n) is 3.73. The van der Waals surface area contributed by atoms with Crippen molar-refractivity contribution in [2.75, 3.05) is 26.1 Å². The van der Waals surface area contributed by atoms with Crippen molar-refractivity contribution < 1.29 is 13.2 Å². The molecule has 0 fully saturated rings. The van der Waals surface area contributed by atoms with Gasteiger partial charge in [0.1, 0.15) is 10.7 Å².